The standard InChI is InChI=1S/C28H22O7/c1-16(28(30)32-3)33-24-14-20-21(23-12-18-10-7-11-22(31-2)27(18)35-23)15-26(29)34-25(20)13-19(24)17-8-5-4-6-9-17/h4-16H,1-3H3. The van der Waals surface area contributed by atoms with Crippen molar-refractivity contribution in [1.82, 2.24) is 0 Å². The van der Waals surface area contributed by atoms with Gasteiger partial charge in [-0.05, 0) is 36.8 Å². The summed E-state index contributed by atoms with van der Waals surface area (Å²) in [5.74, 6) is 0.990. The van der Waals surface area contributed by atoms with E-state index in [2.05, 4.69) is 0 Å². The Morgan fingerprint density at radius 2 is 1.66 bits per heavy atom. The van der Waals surface area contributed by atoms with Gasteiger partial charge in [-0.25, -0.2) is 9.59 Å². The number of carbonyl (C=O) groups is 1. The van der Waals surface area contributed by atoms with Gasteiger partial charge in [0.25, 0.3) is 0 Å². The highest BCUT2D eigenvalue weighted by Gasteiger charge is 2.21. The Labute approximate surface area is 200 Å². The van der Waals surface area contributed by atoms with Crippen molar-refractivity contribution in [2.24, 2.45) is 0 Å². The second kappa shape index (κ2) is 9.02. The van der Waals surface area contributed by atoms with E-state index < -0.39 is 17.7 Å². The largest absolute Gasteiger partial charge is 0.493 e. The lowest BCUT2D eigenvalue weighted by atomic mass is 10.00. The molecule has 5 aromatic rings. The quantitative estimate of drug-likeness (QED) is 0.228. The Kier molecular flexibility index (Phi) is 5.74. The van der Waals surface area contributed by atoms with Crippen LogP contribution in [-0.2, 0) is 9.53 Å². The highest BCUT2D eigenvalue weighted by molar-refractivity contribution is 5.98. The zero-order valence-corrected chi connectivity index (χ0v) is 19.4. The number of hydrogen-bond acceptors (Lipinski definition) is 7. The van der Waals surface area contributed by atoms with Gasteiger partial charge in [-0.15, -0.1) is 0 Å². The highest BCUT2D eigenvalue weighted by Crippen LogP contribution is 2.40. The minimum absolute atomic E-state index is 0.358. The van der Waals surface area contributed by atoms with E-state index in [1.807, 2.05) is 48.5 Å². The van der Waals surface area contributed by atoms with E-state index in [4.69, 9.17) is 23.0 Å². The van der Waals surface area contributed by atoms with Gasteiger partial charge in [0, 0.05) is 28.0 Å². The molecule has 1 unspecified atom stereocenters. The molecule has 7 nitrogen and oxygen atoms in total. The summed E-state index contributed by atoms with van der Waals surface area (Å²) in [4.78, 5) is 24.6. The molecule has 0 saturated heterocycles. The number of fused-ring (bicyclic) bond motifs is 2. The monoisotopic (exact) mass is 470 g/mol. The van der Waals surface area contributed by atoms with Crippen molar-refractivity contribution in [1.29, 1.82) is 0 Å². The average Bonchev–Trinajstić information content (AvgIpc) is 3.32. The molecular weight excluding hydrogens is 448 g/mol. The van der Waals surface area contributed by atoms with Crippen LogP contribution in [-0.4, -0.2) is 26.3 Å². The van der Waals surface area contributed by atoms with Gasteiger partial charge in [0.15, 0.2) is 17.4 Å². The number of ether oxygens (including phenoxy) is 3. The van der Waals surface area contributed by atoms with Gasteiger partial charge in [-0.1, -0.05) is 42.5 Å². The minimum Gasteiger partial charge on any atom is -0.493 e. The molecule has 0 spiro atoms. The topological polar surface area (TPSA) is 88.1 Å². The predicted octanol–water partition coefficient (Wildman–Crippen LogP) is 5.82. The predicted molar refractivity (Wildman–Crippen MR) is 132 cm³/mol. The summed E-state index contributed by atoms with van der Waals surface area (Å²) in [7, 11) is 2.88. The van der Waals surface area contributed by atoms with E-state index in [-0.39, 0.29) is 0 Å². The Balaban J connectivity index is 1.75. The zero-order valence-electron chi connectivity index (χ0n) is 19.4. The van der Waals surface area contributed by atoms with Crippen molar-refractivity contribution in [3.63, 3.8) is 0 Å². The lowest BCUT2D eigenvalue weighted by Gasteiger charge is -2.17. The molecule has 2 heterocycles. The van der Waals surface area contributed by atoms with Crippen LogP contribution in [0.25, 0.3) is 44.4 Å². The Morgan fingerprint density at radius 3 is 2.40 bits per heavy atom. The maximum absolute atomic E-state index is 12.5. The fourth-order valence-corrected chi connectivity index (χ4v) is 4.07. The van der Waals surface area contributed by atoms with Gasteiger partial charge in [0.05, 0.1) is 14.2 Å². The van der Waals surface area contributed by atoms with Gasteiger partial charge in [-0.3, -0.25) is 0 Å². The van der Waals surface area contributed by atoms with Crippen molar-refractivity contribution in [3.8, 4) is 33.9 Å². The fraction of sp³-hybridized carbons (Fsp3) is 0.143. The van der Waals surface area contributed by atoms with Crippen LogP contribution in [0.1, 0.15) is 6.92 Å². The van der Waals surface area contributed by atoms with Crippen LogP contribution >= 0.6 is 0 Å². The number of rotatable bonds is 6. The number of carbonyl (C=O) groups excluding carboxylic acids is 1. The molecule has 176 valence electrons. The molecule has 0 radical (unpaired) electrons. The van der Waals surface area contributed by atoms with Crippen LogP contribution in [0.5, 0.6) is 11.5 Å². The van der Waals surface area contributed by atoms with Crippen LogP contribution in [0, 0.1) is 0 Å². The first-order chi connectivity index (χ1) is 17.0. The molecule has 0 N–H and O–H groups in total. The van der Waals surface area contributed by atoms with Crippen molar-refractivity contribution in [2.75, 3.05) is 14.2 Å². The first-order valence-electron chi connectivity index (χ1n) is 11.0. The summed E-state index contributed by atoms with van der Waals surface area (Å²) in [5.41, 5.74) is 2.45. The number of furan rings is 1. The van der Waals surface area contributed by atoms with Crippen LogP contribution < -0.4 is 15.1 Å². The summed E-state index contributed by atoms with van der Waals surface area (Å²) in [5, 5.41) is 1.42. The number of benzene rings is 3. The highest BCUT2D eigenvalue weighted by atomic mass is 16.6. The zero-order chi connectivity index (χ0) is 24.5. The summed E-state index contributed by atoms with van der Waals surface area (Å²) >= 11 is 0. The Bertz CT molecular complexity index is 1600. The number of methoxy groups -OCH3 is 2. The van der Waals surface area contributed by atoms with Crippen molar-refractivity contribution < 1.29 is 27.8 Å². The SMILES string of the molecule is COC(=O)C(C)Oc1cc2c(-c3cc4cccc(OC)c4o3)cc(=O)oc2cc1-c1ccccc1. The third-order valence-electron chi connectivity index (χ3n) is 5.76. The summed E-state index contributed by atoms with van der Waals surface area (Å²) in [6.45, 7) is 1.61. The third kappa shape index (κ3) is 4.12. The maximum Gasteiger partial charge on any atom is 0.346 e. The normalized spacial score (nSPS) is 12.0. The lowest BCUT2D eigenvalue weighted by Crippen LogP contribution is -2.25. The second-order valence-electron chi connectivity index (χ2n) is 7.96. The second-order valence-corrected chi connectivity index (χ2v) is 7.96. The summed E-state index contributed by atoms with van der Waals surface area (Å²) < 4.78 is 27.9. The van der Waals surface area contributed by atoms with Crippen molar-refractivity contribution in [3.05, 3.63) is 83.2 Å². The van der Waals surface area contributed by atoms with E-state index in [9.17, 15) is 9.59 Å². The molecule has 5 rings (SSSR count). The van der Waals surface area contributed by atoms with Gasteiger partial charge >= 0.3 is 11.6 Å². The molecule has 0 fully saturated rings. The lowest BCUT2D eigenvalue weighted by molar-refractivity contribution is -0.147. The first kappa shape index (κ1) is 22.3. The van der Waals surface area contributed by atoms with Gasteiger partial charge in [-0.2, -0.15) is 0 Å². The van der Waals surface area contributed by atoms with E-state index in [0.29, 0.717) is 44.9 Å². The molecular formula is C28H22O7. The average molecular weight is 470 g/mol. The van der Waals surface area contributed by atoms with Crippen molar-refractivity contribution in [2.45, 2.75) is 13.0 Å². The van der Waals surface area contributed by atoms with Gasteiger partial charge in [0.1, 0.15) is 17.1 Å². The van der Waals surface area contributed by atoms with Crippen LogP contribution in [0.3, 0.4) is 0 Å². The molecule has 0 aliphatic heterocycles. The van der Waals surface area contributed by atoms with E-state index >= 15 is 0 Å². The van der Waals surface area contributed by atoms with E-state index in [1.54, 1.807) is 32.2 Å². The molecule has 3 aromatic carbocycles. The Morgan fingerprint density at radius 1 is 0.857 bits per heavy atom. The molecule has 0 saturated carbocycles. The van der Waals surface area contributed by atoms with Crippen LogP contribution in [0.4, 0.5) is 0 Å². The maximum atomic E-state index is 12.5. The molecule has 0 aliphatic rings. The molecule has 2 aromatic heterocycles. The minimum atomic E-state index is -0.852. The summed E-state index contributed by atoms with van der Waals surface area (Å²) in [6.07, 6.45) is -0.852. The van der Waals surface area contributed by atoms with Gasteiger partial charge < -0.3 is 23.0 Å². The number of esters is 1. The van der Waals surface area contributed by atoms with Gasteiger partial charge in [0.2, 0.25) is 0 Å². The van der Waals surface area contributed by atoms with E-state index in [1.165, 1.54) is 13.2 Å². The molecule has 7 heteroatoms. The fourth-order valence-electron chi connectivity index (χ4n) is 4.07. The molecule has 0 amide bonds. The third-order valence-corrected chi connectivity index (χ3v) is 5.76. The van der Waals surface area contributed by atoms with Crippen LogP contribution in [0.15, 0.2) is 86.4 Å². The molecule has 0 aliphatic carbocycles. The molecule has 1 atom stereocenters. The number of hydrogen-bond donors (Lipinski definition) is 0. The molecule has 0 bridgehead atoms. The smallest absolute Gasteiger partial charge is 0.346 e. The Hall–Kier alpha value is -4.52. The first-order valence-corrected chi connectivity index (χ1v) is 11.0. The van der Waals surface area contributed by atoms with E-state index in [0.717, 1.165) is 10.9 Å². The number of para-hydroxylation sites is 1. The molecule has 35 heavy (non-hydrogen) atoms. The van der Waals surface area contributed by atoms with Crippen LogP contribution in [0.2, 0.25) is 0 Å². The summed E-state index contributed by atoms with van der Waals surface area (Å²) in [6, 6.07) is 21.8. The van der Waals surface area contributed by atoms with Crippen molar-refractivity contribution >= 4 is 27.9 Å².